The van der Waals surface area contributed by atoms with Gasteiger partial charge >= 0.3 is 0 Å². The summed E-state index contributed by atoms with van der Waals surface area (Å²) in [7, 11) is 0. The van der Waals surface area contributed by atoms with Gasteiger partial charge in [-0.05, 0) is 73.2 Å². The first-order valence-electron chi connectivity index (χ1n) is 7.52. The number of fused-ring (bicyclic) bond motifs is 1. The van der Waals surface area contributed by atoms with Crippen molar-refractivity contribution in [1.82, 2.24) is 5.32 Å². The summed E-state index contributed by atoms with van der Waals surface area (Å²) in [5, 5.41) is 13.1. The number of halogens is 1. The lowest BCUT2D eigenvalue weighted by Gasteiger charge is -2.26. The quantitative estimate of drug-likeness (QED) is 0.897. The van der Waals surface area contributed by atoms with E-state index in [1.165, 1.54) is 17.2 Å². The molecule has 0 saturated heterocycles. The van der Waals surface area contributed by atoms with E-state index in [1.54, 1.807) is 18.2 Å². The summed E-state index contributed by atoms with van der Waals surface area (Å²) in [6.45, 7) is 0.828. The highest BCUT2D eigenvalue weighted by atomic mass is 19.1. The smallest absolute Gasteiger partial charge is 0.123 e. The highest BCUT2D eigenvalue weighted by molar-refractivity contribution is 5.38. The van der Waals surface area contributed by atoms with E-state index in [-0.39, 0.29) is 5.82 Å². The van der Waals surface area contributed by atoms with E-state index >= 15 is 0 Å². The van der Waals surface area contributed by atoms with Gasteiger partial charge in [-0.1, -0.05) is 18.2 Å². The van der Waals surface area contributed by atoms with Crippen LogP contribution in [0.5, 0.6) is 5.75 Å². The van der Waals surface area contributed by atoms with Gasteiger partial charge < -0.3 is 10.4 Å². The molecule has 2 nitrogen and oxygen atoms in total. The zero-order chi connectivity index (χ0) is 14.7. The molecule has 2 N–H and O–H groups in total. The normalized spacial score (nSPS) is 17.5. The molecule has 0 amide bonds. The molecule has 0 bridgehead atoms. The van der Waals surface area contributed by atoms with Crippen LogP contribution < -0.4 is 5.32 Å². The molecule has 0 radical (unpaired) electrons. The van der Waals surface area contributed by atoms with Crippen LogP contribution in [0.15, 0.2) is 42.5 Å². The third-order valence-electron chi connectivity index (χ3n) is 4.13. The van der Waals surface area contributed by atoms with Crippen molar-refractivity contribution in [2.24, 2.45) is 0 Å². The molecule has 0 aliphatic heterocycles. The fourth-order valence-electron chi connectivity index (χ4n) is 3.10. The summed E-state index contributed by atoms with van der Waals surface area (Å²) in [6, 6.07) is 12.8. The SMILES string of the molecule is Oc1ccc2c(c1)CCCC2NCCc1cccc(F)c1. The van der Waals surface area contributed by atoms with Gasteiger partial charge in [0.1, 0.15) is 11.6 Å². The monoisotopic (exact) mass is 285 g/mol. The second kappa shape index (κ2) is 6.27. The third-order valence-corrected chi connectivity index (χ3v) is 4.13. The van der Waals surface area contributed by atoms with Crippen molar-refractivity contribution < 1.29 is 9.50 Å². The van der Waals surface area contributed by atoms with Crippen molar-refractivity contribution in [3.05, 3.63) is 65.0 Å². The van der Waals surface area contributed by atoms with Gasteiger partial charge in [0.05, 0.1) is 0 Å². The molecule has 0 saturated carbocycles. The highest BCUT2D eigenvalue weighted by Crippen LogP contribution is 2.31. The van der Waals surface area contributed by atoms with E-state index in [2.05, 4.69) is 5.32 Å². The molecule has 2 aromatic carbocycles. The molecule has 0 aromatic heterocycles. The molecule has 0 heterocycles. The lowest BCUT2D eigenvalue weighted by atomic mass is 9.87. The van der Waals surface area contributed by atoms with Crippen LogP contribution in [-0.4, -0.2) is 11.7 Å². The first kappa shape index (κ1) is 14.1. The minimum Gasteiger partial charge on any atom is -0.508 e. The molecule has 21 heavy (non-hydrogen) atoms. The number of benzene rings is 2. The van der Waals surface area contributed by atoms with Gasteiger partial charge in [0.25, 0.3) is 0 Å². The fourth-order valence-corrected chi connectivity index (χ4v) is 3.10. The van der Waals surface area contributed by atoms with Gasteiger partial charge in [0.15, 0.2) is 0 Å². The molecular weight excluding hydrogens is 265 g/mol. The first-order valence-corrected chi connectivity index (χ1v) is 7.52. The molecule has 1 atom stereocenters. The average Bonchev–Trinajstić information content (AvgIpc) is 2.47. The van der Waals surface area contributed by atoms with Crippen molar-refractivity contribution in [2.75, 3.05) is 6.54 Å². The average molecular weight is 285 g/mol. The maximum atomic E-state index is 13.1. The molecule has 1 aliphatic carbocycles. The Morgan fingerprint density at radius 1 is 1.19 bits per heavy atom. The number of hydrogen-bond acceptors (Lipinski definition) is 2. The van der Waals surface area contributed by atoms with E-state index in [0.717, 1.165) is 37.8 Å². The molecule has 110 valence electrons. The van der Waals surface area contributed by atoms with Crippen molar-refractivity contribution in [3.63, 3.8) is 0 Å². The first-order chi connectivity index (χ1) is 10.2. The van der Waals surface area contributed by atoms with Gasteiger partial charge in [-0.25, -0.2) is 4.39 Å². The topological polar surface area (TPSA) is 32.3 Å². The number of rotatable bonds is 4. The summed E-state index contributed by atoms with van der Waals surface area (Å²) >= 11 is 0. The second-order valence-corrected chi connectivity index (χ2v) is 5.66. The summed E-state index contributed by atoms with van der Waals surface area (Å²) in [6.07, 6.45) is 4.10. The largest absolute Gasteiger partial charge is 0.508 e. The fraction of sp³-hybridized carbons (Fsp3) is 0.333. The lowest BCUT2D eigenvalue weighted by Crippen LogP contribution is -2.27. The van der Waals surface area contributed by atoms with Crippen LogP contribution in [0, 0.1) is 5.82 Å². The maximum Gasteiger partial charge on any atom is 0.123 e. The Hall–Kier alpha value is -1.87. The number of phenolic OH excluding ortho intramolecular Hbond substituents is 1. The van der Waals surface area contributed by atoms with Crippen molar-refractivity contribution >= 4 is 0 Å². The minimum absolute atomic E-state index is 0.175. The van der Waals surface area contributed by atoms with Crippen LogP contribution in [0.3, 0.4) is 0 Å². The van der Waals surface area contributed by atoms with Gasteiger partial charge in [-0.15, -0.1) is 0 Å². The molecule has 3 heteroatoms. The second-order valence-electron chi connectivity index (χ2n) is 5.66. The van der Waals surface area contributed by atoms with Crippen molar-refractivity contribution in [3.8, 4) is 5.75 Å². The molecule has 0 fully saturated rings. The molecule has 3 rings (SSSR count). The van der Waals surface area contributed by atoms with E-state index in [1.807, 2.05) is 18.2 Å². The third kappa shape index (κ3) is 3.42. The van der Waals surface area contributed by atoms with Gasteiger partial charge in [-0.2, -0.15) is 0 Å². The summed E-state index contributed by atoms with van der Waals surface area (Å²) in [5.41, 5.74) is 3.55. The van der Waals surface area contributed by atoms with Crippen molar-refractivity contribution in [1.29, 1.82) is 0 Å². The number of aryl methyl sites for hydroxylation is 1. The molecule has 2 aromatic rings. The number of aromatic hydroxyl groups is 1. The standard InChI is InChI=1S/C18H20FNO/c19-15-5-1-3-13(11-15)9-10-20-18-6-2-4-14-12-16(21)7-8-17(14)18/h1,3,5,7-8,11-12,18,20-21H,2,4,6,9-10H2. The Morgan fingerprint density at radius 2 is 2.10 bits per heavy atom. The number of phenols is 1. The van der Waals surface area contributed by atoms with Crippen LogP contribution in [0.25, 0.3) is 0 Å². The van der Waals surface area contributed by atoms with E-state index in [9.17, 15) is 9.50 Å². The summed E-state index contributed by atoms with van der Waals surface area (Å²) in [5.74, 6) is 0.167. The van der Waals surface area contributed by atoms with Gasteiger partial charge in [-0.3, -0.25) is 0 Å². The highest BCUT2D eigenvalue weighted by Gasteiger charge is 2.19. The van der Waals surface area contributed by atoms with Crippen LogP contribution in [0.1, 0.15) is 35.6 Å². The summed E-state index contributed by atoms with van der Waals surface area (Å²) in [4.78, 5) is 0. The molecule has 0 spiro atoms. The zero-order valence-electron chi connectivity index (χ0n) is 12.0. The Labute approximate surface area is 124 Å². The molecule has 1 aliphatic rings. The van der Waals surface area contributed by atoms with Crippen molar-refractivity contribution in [2.45, 2.75) is 31.7 Å². The lowest BCUT2D eigenvalue weighted by molar-refractivity contribution is 0.452. The Bertz CT molecular complexity index is 626. The molecule has 1 unspecified atom stereocenters. The Morgan fingerprint density at radius 3 is 2.95 bits per heavy atom. The number of nitrogens with one attached hydrogen (secondary N) is 1. The van der Waals surface area contributed by atoms with Gasteiger partial charge in [0.2, 0.25) is 0 Å². The van der Waals surface area contributed by atoms with Crippen LogP contribution in [-0.2, 0) is 12.8 Å². The van der Waals surface area contributed by atoms with Crippen LogP contribution in [0.2, 0.25) is 0 Å². The Kier molecular flexibility index (Phi) is 4.20. The summed E-state index contributed by atoms with van der Waals surface area (Å²) < 4.78 is 13.1. The number of hydrogen-bond donors (Lipinski definition) is 2. The Balaban J connectivity index is 1.62. The predicted octanol–water partition coefficient (Wildman–Crippen LogP) is 3.74. The van der Waals surface area contributed by atoms with Crippen LogP contribution in [0.4, 0.5) is 4.39 Å². The van der Waals surface area contributed by atoms with E-state index in [0.29, 0.717) is 11.8 Å². The minimum atomic E-state index is -0.175. The van der Waals surface area contributed by atoms with Gasteiger partial charge in [0, 0.05) is 6.04 Å². The zero-order valence-corrected chi connectivity index (χ0v) is 12.0. The maximum absolute atomic E-state index is 13.1. The molecular formula is C18H20FNO. The predicted molar refractivity (Wildman–Crippen MR) is 81.9 cm³/mol. The van der Waals surface area contributed by atoms with E-state index < -0.39 is 0 Å². The van der Waals surface area contributed by atoms with Crippen LogP contribution >= 0.6 is 0 Å². The van der Waals surface area contributed by atoms with E-state index in [4.69, 9.17) is 0 Å².